The number of carbonyl (C=O) groups excluding carboxylic acids is 1. The van der Waals surface area contributed by atoms with Gasteiger partial charge in [0.25, 0.3) is 0 Å². The van der Waals surface area contributed by atoms with Crippen LogP contribution in [0.5, 0.6) is 0 Å². The number of oxazole rings is 1. The fourth-order valence-corrected chi connectivity index (χ4v) is 1.79. The molecule has 2 aromatic rings. The molecule has 2 N–H and O–H groups in total. The van der Waals surface area contributed by atoms with Crippen LogP contribution in [0.15, 0.2) is 22.6 Å². The van der Waals surface area contributed by atoms with Crippen LogP contribution in [-0.2, 0) is 16.0 Å². The van der Waals surface area contributed by atoms with E-state index in [0.29, 0.717) is 24.4 Å². The Morgan fingerprint density at radius 2 is 2.21 bits per heavy atom. The quantitative estimate of drug-likeness (QED) is 0.791. The van der Waals surface area contributed by atoms with Crippen LogP contribution < -0.4 is 5.32 Å². The molecule has 0 atom stereocenters. The maximum atomic E-state index is 11.1. The molecule has 0 spiro atoms. The zero-order valence-corrected chi connectivity index (χ0v) is 10.5. The average molecular weight is 262 g/mol. The van der Waals surface area contributed by atoms with Crippen molar-refractivity contribution < 1.29 is 19.1 Å². The van der Waals surface area contributed by atoms with Crippen LogP contribution in [0, 0.1) is 6.92 Å². The summed E-state index contributed by atoms with van der Waals surface area (Å²) in [5.74, 6) is -0.998. The Balaban J connectivity index is 1.91. The molecule has 19 heavy (non-hydrogen) atoms. The monoisotopic (exact) mass is 262 g/mol. The minimum atomic E-state index is -1.13. The molecule has 0 saturated heterocycles. The van der Waals surface area contributed by atoms with E-state index in [-0.39, 0.29) is 0 Å². The summed E-state index contributed by atoms with van der Waals surface area (Å²) in [5.41, 5.74) is 2.52. The van der Waals surface area contributed by atoms with E-state index in [1.165, 1.54) is 0 Å². The molecule has 2 rings (SSSR count). The standard InChI is InChI=1S/C13H14N2O4/c1-8-15-10-3-2-9(6-11(10)19-8)4-5-14-12(16)7-13(17)18/h2-3,6H,4-5,7H2,1H3,(H,14,16)(H,17,18). The molecule has 6 nitrogen and oxygen atoms in total. The van der Waals surface area contributed by atoms with Gasteiger partial charge < -0.3 is 14.8 Å². The van der Waals surface area contributed by atoms with E-state index in [1.807, 2.05) is 18.2 Å². The summed E-state index contributed by atoms with van der Waals surface area (Å²) in [6.07, 6.45) is 0.112. The molecule has 0 unspecified atom stereocenters. The van der Waals surface area contributed by atoms with Crippen molar-refractivity contribution in [2.45, 2.75) is 19.8 Å². The van der Waals surface area contributed by atoms with Crippen molar-refractivity contribution in [3.63, 3.8) is 0 Å². The van der Waals surface area contributed by atoms with Crippen LogP contribution in [0.3, 0.4) is 0 Å². The number of nitrogens with one attached hydrogen (secondary N) is 1. The molecule has 6 heteroatoms. The summed E-state index contributed by atoms with van der Waals surface area (Å²) in [6.45, 7) is 2.18. The summed E-state index contributed by atoms with van der Waals surface area (Å²) >= 11 is 0. The van der Waals surface area contributed by atoms with E-state index >= 15 is 0 Å². The smallest absolute Gasteiger partial charge is 0.312 e. The van der Waals surface area contributed by atoms with Crippen molar-refractivity contribution in [2.24, 2.45) is 0 Å². The van der Waals surface area contributed by atoms with Crippen molar-refractivity contribution in [2.75, 3.05) is 6.54 Å². The van der Waals surface area contributed by atoms with Gasteiger partial charge in [-0.25, -0.2) is 4.98 Å². The molecule has 0 aliphatic rings. The highest BCUT2D eigenvalue weighted by Gasteiger charge is 2.07. The van der Waals surface area contributed by atoms with Crippen LogP contribution in [0.4, 0.5) is 0 Å². The van der Waals surface area contributed by atoms with Crippen LogP contribution in [0.2, 0.25) is 0 Å². The van der Waals surface area contributed by atoms with E-state index in [4.69, 9.17) is 9.52 Å². The Labute approximate surface area is 109 Å². The summed E-state index contributed by atoms with van der Waals surface area (Å²) in [4.78, 5) is 25.6. The summed E-state index contributed by atoms with van der Waals surface area (Å²) < 4.78 is 5.41. The van der Waals surface area contributed by atoms with Gasteiger partial charge in [-0.05, 0) is 24.1 Å². The predicted octanol–water partition coefficient (Wildman–Crippen LogP) is 1.27. The number of amides is 1. The highest BCUT2D eigenvalue weighted by atomic mass is 16.4. The normalized spacial score (nSPS) is 10.6. The third kappa shape index (κ3) is 3.54. The number of hydrogen-bond acceptors (Lipinski definition) is 4. The predicted molar refractivity (Wildman–Crippen MR) is 67.7 cm³/mol. The Bertz CT molecular complexity index is 618. The lowest BCUT2D eigenvalue weighted by molar-refractivity contribution is -0.140. The minimum Gasteiger partial charge on any atom is -0.481 e. The number of carboxylic acids is 1. The molecule has 1 aromatic carbocycles. The molecule has 1 amide bonds. The molecule has 1 heterocycles. The fourth-order valence-electron chi connectivity index (χ4n) is 1.79. The van der Waals surface area contributed by atoms with Crippen LogP contribution >= 0.6 is 0 Å². The second-order valence-corrected chi connectivity index (χ2v) is 4.21. The zero-order chi connectivity index (χ0) is 13.8. The highest BCUT2D eigenvalue weighted by molar-refractivity contribution is 5.93. The number of nitrogens with zero attached hydrogens (tertiary/aromatic N) is 1. The lowest BCUT2D eigenvalue weighted by Gasteiger charge is -2.03. The maximum absolute atomic E-state index is 11.1. The first-order chi connectivity index (χ1) is 9.04. The fraction of sp³-hybridized carbons (Fsp3) is 0.308. The Hall–Kier alpha value is -2.37. The van der Waals surface area contributed by atoms with Gasteiger partial charge in [-0.3, -0.25) is 9.59 Å². The van der Waals surface area contributed by atoms with Gasteiger partial charge in [-0.2, -0.15) is 0 Å². The first-order valence-electron chi connectivity index (χ1n) is 5.89. The minimum absolute atomic E-state index is 0.394. The van der Waals surface area contributed by atoms with Crippen molar-refractivity contribution in [3.8, 4) is 0 Å². The molecular formula is C13H14N2O4. The maximum Gasteiger partial charge on any atom is 0.312 e. The van der Waals surface area contributed by atoms with E-state index in [0.717, 1.165) is 11.1 Å². The van der Waals surface area contributed by atoms with Gasteiger partial charge in [0.2, 0.25) is 5.91 Å². The number of carbonyl (C=O) groups is 2. The largest absolute Gasteiger partial charge is 0.481 e. The Morgan fingerprint density at radius 3 is 2.95 bits per heavy atom. The number of aromatic nitrogens is 1. The third-order valence-corrected chi connectivity index (χ3v) is 2.61. The molecule has 0 saturated carbocycles. The van der Waals surface area contributed by atoms with Crippen molar-refractivity contribution >= 4 is 23.0 Å². The number of hydrogen-bond donors (Lipinski definition) is 2. The molecule has 100 valence electrons. The van der Waals surface area contributed by atoms with Gasteiger partial charge in [0.1, 0.15) is 11.9 Å². The summed E-state index contributed by atoms with van der Waals surface area (Å²) in [7, 11) is 0. The van der Waals surface area contributed by atoms with E-state index < -0.39 is 18.3 Å². The average Bonchev–Trinajstić information content (AvgIpc) is 2.67. The molecule has 0 fully saturated rings. The molecular weight excluding hydrogens is 248 g/mol. The second kappa shape index (κ2) is 5.51. The van der Waals surface area contributed by atoms with Gasteiger partial charge in [0.05, 0.1) is 0 Å². The topological polar surface area (TPSA) is 92.4 Å². The number of aliphatic carboxylic acids is 1. The van der Waals surface area contributed by atoms with Crippen molar-refractivity contribution in [1.29, 1.82) is 0 Å². The second-order valence-electron chi connectivity index (χ2n) is 4.21. The van der Waals surface area contributed by atoms with Crippen molar-refractivity contribution in [3.05, 3.63) is 29.7 Å². The first kappa shape index (κ1) is 13.1. The van der Waals surface area contributed by atoms with Crippen LogP contribution in [-0.4, -0.2) is 28.5 Å². The molecule has 1 aromatic heterocycles. The molecule has 0 radical (unpaired) electrons. The summed E-state index contributed by atoms with van der Waals surface area (Å²) in [6, 6.07) is 5.65. The van der Waals surface area contributed by atoms with Crippen LogP contribution in [0.25, 0.3) is 11.1 Å². The number of carboxylic acid groups (broad SMARTS) is 1. The number of fused-ring (bicyclic) bond motifs is 1. The van der Waals surface area contributed by atoms with Crippen LogP contribution in [0.1, 0.15) is 17.9 Å². The van der Waals surface area contributed by atoms with E-state index in [2.05, 4.69) is 10.3 Å². The number of aryl methyl sites for hydroxylation is 1. The van der Waals surface area contributed by atoms with E-state index in [1.54, 1.807) is 6.92 Å². The molecule has 0 aliphatic heterocycles. The lowest BCUT2D eigenvalue weighted by atomic mass is 10.1. The van der Waals surface area contributed by atoms with Gasteiger partial charge in [-0.15, -0.1) is 0 Å². The summed E-state index contributed by atoms with van der Waals surface area (Å²) in [5, 5.41) is 11.0. The SMILES string of the molecule is Cc1nc2ccc(CCNC(=O)CC(=O)O)cc2o1. The first-order valence-corrected chi connectivity index (χ1v) is 5.89. The molecule has 0 aliphatic carbocycles. The number of benzene rings is 1. The van der Waals surface area contributed by atoms with Gasteiger partial charge in [-0.1, -0.05) is 6.07 Å². The highest BCUT2D eigenvalue weighted by Crippen LogP contribution is 2.16. The Kier molecular flexibility index (Phi) is 3.79. The molecule has 0 bridgehead atoms. The van der Waals surface area contributed by atoms with Gasteiger partial charge >= 0.3 is 5.97 Å². The zero-order valence-electron chi connectivity index (χ0n) is 10.5. The Morgan fingerprint density at radius 1 is 1.42 bits per heavy atom. The number of rotatable bonds is 5. The van der Waals surface area contributed by atoms with E-state index in [9.17, 15) is 9.59 Å². The van der Waals surface area contributed by atoms with Crippen molar-refractivity contribution in [1.82, 2.24) is 10.3 Å². The third-order valence-electron chi connectivity index (χ3n) is 2.61. The lowest BCUT2D eigenvalue weighted by Crippen LogP contribution is -2.27. The van der Waals surface area contributed by atoms with Gasteiger partial charge in [0, 0.05) is 13.5 Å². The van der Waals surface area contributed by atoms with Gasteiger partial charge in [0.15, 0.2) is 11.5 Å².